The van der Waals surface area contributed by atoms with Crippen LogP contribution >= 0.6 is 11.6 Å². The van der Waals surface area contributed by atoms with Gasteiger partial charge in [-0.05, 0) is 44.9 Å². The second-order valence-corrected chi connectivity index (χ2v) is 8.02. The summed E-state index contributed by atoms with van der Waals surface area (Å²) in [6.45, 7) is 6.27. The molecule has 2 aliphatic heterocycles. The molecule has 0 saturated carbocycles. The lowest BCUT2D eigenvalue weighted by atomic mass is 9.87. The van der Waals surface area contributed by atoms with Gasteiger partial charge in [-0.2, -0.15) is 0 Å². The maximum atomic E-state index is 13.0. The number of rotatable bonds is 1. The third-order valence-corrected chi connectivity index (χ3v) is 5.53. The lowest BCUT2D eigenvalue weighted by Crippen LogP contribution is -2.45. The van der Waals surface area contributed by atoms with Crippen LogP contribution in [0.3, 0.4) is 0 Å². The predicted octanol–water partition coefficient (Wildman–Crippen LogP) is 3.91. The normalized spacial score (nSPS) is 23.3. The molecular weight excluding hydrogens is 324 g/mol. The van der Waals surface area contributed by atoms with Gasteiger partial charge in [0.1, 0.15) is 0 Å². The summed E-state index contributed by atoms with van der Waals surface area (Å²) in [6, 6.07) is 5.92. The van der Waals surface area contributed by atoms with Crippen molar-refractivity contribution >= 4 is 28.4 Å². The van der Waals surface area contributed by atoms with Crippen molar-refractivity contribution in [1.29, 1.82) is 0 Å². The summed E-state index contributed by atoms with van der Waals surface area (Å²) < 4.78 is 5.76. The van der Waals surface area contributed by atoms with Crippen molar-refractivity contribution in [3.63, 3.8) is 0 Å². The van der Waals surface area contributed by atoms with E-state index in [0.717, 1.165) is 41.7 Å². The molecule has 0 unspecified atom stereocenters. The van der Waals surface area contributed by atoms with Crippen molar-refractivity contribution in [3.05, 3.63) is 34.5 Å². The van der Waals surface area contributed by atoms with Crippen LogP contribution < -0.4 is 0 Å². The second kappa shape index (κ2) is 5.78. The zero-order valence-corrected chi connectivity index (χ0v) is 14.9. The van der Waals surface area contributed by atoms with Gasteiger partial charge in [0.25, 0.3) is 0 Å². The maximum Gasteiger partial charge on any atom is 0.226 e. The SMILES string of the molecule is CC1(C)C[C@@H](C(=O)N2CCc3[nH]c4ccc(Cl)cc4c3C2)CCO1. The van der Waals surface area contributed by atoms with Gasteiger partial charge in [0.05, 0.1) is 5.60 Å². The Labute approximate surface area is 147 Å². The number of aromatic amines is 1. The summed E-state index contributed by atoms with van der Waals surface area (Å²) in [6.07, 6.45) is 2.50. The van der Waals surface area contributed by atoms with E-state index in [9.17, 15) is 4.79 Å². The van der Waals surface area contributed by atoms with Gasteiger partial charge in [-0.15, -0.1) is 0 Å². The van der Waals surface area contributed by atoms with Gasteiger partial charge in [0, 0.05) is 59.2 Å². The fourth-order valence-corrected chi connectivity index (χ4v) is 4.25. The molecule has 1 fully saturated rings. The lowest BCUT2D eigenvalue weighted by molar-refractivity contribution is -0.146. The van der Waals surface area contributed by atoms with E-state index in [1.54, 1.807) is 0 Å². The van der Waals surface area contributed by atoms with Gasteiger partial charge in [0.15, 0.2) is 0 Å². The fourth-order valence-electron chi connectivity index (χ4n) is 4.08. The summed E-state index contributed by atoms with van der Waals surface area (Å²) in [4.78, 5) is 18.5. The number of ether oxygens (including phenoxy) is 1. The topological polar surface area (TPSA) is 45.3 Å². The Morgan fingerprint density at radius 2 is 2.25 bits per heavy atom. The first-order chi connectivity index (χ1) is 11.4. The van der Waals surface area contributed by atoms with Crippen LogP contribution in [-0.4, -0.2) is 34.5 Å². The van der Waals surface area contributed by atoms with E-state index in [2.05, 4.69) is 18.8 Å². The number of fused-ring (bicyclic) bond motifs is 3. The third-order valence-electron chi connectivity index (χ3n) is 5.30. The molecule has 1 N–H and O–H groups in total. The second-order valence-electron chi connectivity index (χ2n) is 7.58. The summed E-state index contributed by atoms with van der Waals surface area (Å²) in [7, 11) is 0. The molecule has 0 aliphatic carbocycles. The Hall–Kier alpha value is -1.52. The first kappa shape index (κ1) is 16.0. The first-order valence-corrected chi connectivity index (χ1v) is 9.02. The molecule has 0 bridgehead atoms. The number of carbonyl (C=O) groups is 1. The van der Waals surface area contributed by atoms with E-state index >= 15 is 0 Å². The van der Waals surface area contributed by atoms with Crippen LogP contribution in [0.5, 0.6) is 0 Å². The lowest BCUT2D eigenvalue weighted by Gasteiger charge is -2.38. The van der Waals surface area contributed by atoms with E-state index in [1.165, 1.54) is 11.3 Å². The zero-order chi connectivity index (χ0) is 16.9. The van der Waals surface area contributed by atoms with Crippen LogP contribution in [-0.2, 0) is 22.5 Å². The molecule has 2 aromatic rings. The number of carbonyl (C=O) groups excluding carboxylic acids is 1. The minimum atomic E-state index is -0.201. The molecule has 0 spiro atoms. The van der Waals surface area contributed by atoms with E-state index in [1.807, 2.05) is 23.1 Å². The van der Waals surface area contributed by atoms with Gasteiger partial charge >= 0.3 is 0 Å². The van der Waals surface area contributed by atoms with Crippen LogP contribution in [0.4, 0.5) is 0 Å². The number of aromatic nitrogens is 1. The Balaban J connectivity index is 1.58. The highest BCUT2D eigenvalue weighted by atomic mass is 35.5. The van der Waals surface area contributed by atoms with E-state index in [4.69, 9.17) is 16.3 Å². The molecule has 4 rings (SSSR count). The van der Waals surface area contributed by atoms with E-state index in [-0.39, 0.29) is 17.4 Å². The van der Waals surface area contributed by atoms with Gasteiger partial charge in [-0.3, -0.25) is 4.79 Å². The van der Waals surface area contributed by atoms with Crippen molar-refractivity contribution < 1.29 is 9.53 Å². The van der Waals surface area contributed by atoms with Crippen LogP contribution in [0, 0.1) is 5.92 Å². The molecule has 3 heterocycles. The number of halogens is 1. The van der Waals surface area contributed by atoms with E-state index < -0.39 is 0 Å². The van der Waals surface area contributed by atoms with Crippen LogP contribution in [0.1, 0.15) is 37.9 Å². The monoisotopic (exact) mass is 346 g/mol. The van der Waals surface area contributed by atoms with Crippen molar-refractivity contribution in [1.82, 2.24) is 9.88 Å². The first-order valence-electron chi connectivity index (χ1n) is 8.65. The minimum Gasteiger partial charge on any atom is -0.376 e. The van der Waals surface area contributed by atoms with Crippen LogP contribution in [0.25, 0.3) is 10.9 Å². The molecular formula is C19H23ClN2O2. The standard InChI is InChI=1S/C19H23ClN2O2/c1-19(2)10-12(6-8-24-19)18(23)22-7-5-17-15(11-22)14-9-13(20)3-4-16(14)21-17/h3-4,9,12,21H,5-8,10-11H2,1-2H3/t12-/m0/s1. The van der Waals surface area contributed by atoms with Gasteiger partial charge in [-0.1, -0.05) is 11.6 Å². The van der Waals surface area contributed by atoms with Crippen LogP contribution in [0.15, 0.2) is 18.2 Å². The molecule has 0 radical (unpaired) electrons. The van der Waals surface area contributed by atoms with Crippen molar-refractivity contribution in [2.45, 2.75) is 45.3 Å². The number of hydrogen-bond donors (Lipinski definition) is 1. The number of hydrogen-bond acceptors (Lipinski definition) is 2. The van der Waals surface area contributed by atoms with E-state index in [0.29, 0.717) is 13.2 Å². The molecule has 24 heavy (non-hydrogen) atoms. The molecule has 5 heteroatoms. The van der Waals surface area contributed by atoms with Crippen molar-refractivity contribution in [3.8, 4) is 0 Å². The predicted molar refractivity (Wildman–Crippen MR) is 95.2 cm³/mol. The fraction of sp³-hybridized carbons (Fsp3) is 0.526. The molecule has 2 aliphatic rings. The molecule has 128 valence electrons. The molecule has 1 saturated heterocycles. The van der Waals surface area contributed by atoms with Gasteiger partial charge in [-0.25, -0.2) is 0 Å². The quantitative estimate of drug-likeness (QED) is 0.850. The summed E-state index contributed by atoms with van der Waals surface area (Å²) in [5, 5.41) is 1.88. The number of benzene rings is 1. The number of amides is 1. The summed E-state index contributed by atoms with van der Waals surface area (Å²) >= 11 is 6.16. The molecule has 1 aromatic carbocycles. The molecule has 1 amide bonds. The minimum absolute atomic E-state index is 0.0732. The Morgan fingerprint density at radius 1 is 1.42 bits per heavy atom. The molecule has 4 nitrogen and oxygen atoms in total. The average molecular weight is 347 g/mol. The highest BCUT2D eigenvalue weighted by molar-refractivity contribution is 6.31. The van der Waals surface area contributed by atoms with Crippen molar-refractivity contribution in [2.24, 2.45) is 5.92 Å². The highest BCUT2D eigenvalue weighted by Crippen LogP contribution is 2.33. The number of H-pyrrole nitrogens is 1. The highest BCUT2D eigenvalue weighted by Gasteiger charge is 2.36. The Bertz CT molecular complexity index is 796. The zero-order valence-electron chi connectivity index (χ0n) is 14.2. The largest absolute Gasteiger partial charge is 0.376 e. The molecule has 1 aromatic heterocycles. The third kappa shape index (κ3) is 2.82. The van der Waals surface area contributed by atoms with Gasteiger partial charge in [0.2, 0.25) is 5.91 Å². The van der Waals surface area contributed by atoms with Crippen LogP contribution in [0.2, 0.25) is 5.02 Å². The average Bonchev–Trinajstić information content (AvgIpc) is 2.90. The number of nitrogens with zero attached hydrogens (tertiary/aromatic N) is 1. The van der Waals surface area contributed by atoms with Crippen molar-refractivity contribution in [2.75, 3.05) is 13.2 Å². The number of nitrogens with one attached hydrogen (secondary N) is 1. The van der Waals surface area contributed by atoms with Gasteiger partial charge < -0.3 is 14.6 Å². The summed E-state index contributed by atoms with van der Waals surface area (Å²) in [5.74, 6) is 0.345. The smallest absolute Gasteiger partial charge is 0.226 e. The molecule has 1 atom stereocenters. The maximum absolute atomic E-state index is 13.0. The summed E-state index contributed by atoms with van der Waals surface area (Å²) in [5.41, 5.74) is 3.36. The Morgan fingerprint density at radius 3 is 3.04 bits per heavy atom. The Kier molecular flexibility index (Phi) is 3.85.